The Morgan fingerprint density at radius 2 is 1.93 bits per heavy atom. The maximum Gasteiger partial charge on any atom is 0.359 e. The van der Waals surface area contributed by atoms with E-state index in [0.29, 0.717) is 16.1 Å². The molecule has 1 saturated carbocycles. The lowest BCUT2D eigenvalue weighted by Crippen LogP contribution is -2.27. The van der Waals surface area contributed by atoms with Crippen LogP contribution in [0.4, 0.5) is 5.00 Å². The number of esters is 1. The summed E-state index contributed by atoms with van der Waals surface area (Å²) < 4.78 is 6.34. The fourth-order valence-corrected chi connectivity index (χ4v) is 4.75. The van der Waals surface area contributed by atoms with E-state index in [0.717, 1.165) is 32.1 Å². The van der Waals surface area contributed by atoms with E-state index in [1.54, 1.807) is 36.6 Å². The van der Waals surface area contributed by atoms with Crippen LogP contribution in [-0.2, 0) is 9.53 Å². The van der Waals surface area contributed by atoms with Crippen molar-refractivity contribution in [1.29, 1.82) is 0 Å². The molecule has 7 nitrogen and oxygen atoms in total. The molecule has 3 aromatic rings. The van der Waals surface area contributed by atoms with Gasteiger partial charge >= 0.3 is 5.97 Å². The summed E-state index contributed by atoms with van der Waals surface area (Å²) in [6.45, 7) is 1.91. The summed E-state index contributed by atoms with van der Waals surface area (Å²) in [5, 5.41) is 10.0. The van der Waals surface area contributed by atoms with Crippen molar-refractivity contribution < 1.29 is 14.3 Å². The summed E-state index contributed by atoms with van der Waals surface area (Å²) >= 11 is 1.23. The highest BCUT2D eigenvalue weighted by atomic mass is 32.1. The van der Waals surface area contributed by atoms with Gasteiger partial charge in [-0.05, 0) is 31.9 Å². The smallest absolute Gasteiger partial charge is 0.359 e. The molecule has 1 aromatic carbocycles. The van der Waals surface area contributed by atoms with Gasteiger partial charge in [0.15, 0.2) is 5.69 Å². The molecule has 4 rings (SSSR count). The molecule has 0 radical (unpaired) electrons. The molecule has 0 saturated heterocycles. The van der Waals surface area contributed by atoms with E-state index in [1.807, 2.05) is 6.07 Å². The van der Waals surface area contributed by atoms with Crippen LogP contribution in [0.15, 0.2) is 40.5 Å². The number of aromatic nitrogens is 2. The Kier molecular flexibility index (Phi) is 5.94. The zero-order valence-electron chi connectivity index (χ0n) is 16.7. The van der Waals surface area contributed by atoms with Crippen molar-refractivity contribution in [3.8, 4) is 5.69 Å². The number of thiophene rings is 1. The Hall–Kier alpha value is -3.00. The van der Waals surface area contributed by atoms with Crippen LogP contribution in [0.25, 0.3) is 16.5 Å². The van der Waals surface area contributed by atoms with E-state index in [1.165, 1.54) is 16.0 Å². The molecule has 2 heterocycles. The number of carbonyl (C=O) groups is 2. The number of hydrogen-bond acceptors (Lipinski definition) is 6. The number of anilines is 1. The van der Waals surface area contributed by atoms with E-state index in [9.17, 15) is 14.4 Å². The molecule has 0 atom stereocenters. The second-order valence-electron chi connectivity index (χ2n) is 7.30. The lowest BCUT2D eigenvalue weighted by molar-refractivity contribution is -0.120. The summed E-state index contributed by atoms with van der Waals surface area (Å²) in [6, 6.07) is 8.89. The number of nitrogens with zero attached hydrogens (tertiary/aromatic N) is 2. The Morgan fingerprint density at radius 1 is 1.20 bits per heavy atom. The monoisotopic (exact) mass is 425 g/mol. The molecule has 2 aromatic heterocycles. The molecule has 8 heteroatoms. The summed E-state index contributed by atoms with van der Waals surface area (Å²) in [4.78, 5) is 38.6. The number of benzene rings is 1. The lowest BCUT2D eigenvalue weighted by atomic mass is 9.89. The lowest BCUT2D eigenvalue weighted by Gasteiger charge is -2.20. The first-order valence-electron chi connectivity index (χ1n) is 10.2. The van der Waals surface area contributed by atoms with Crippen molar-refractivity contribution in [3.05, 3.63) is 51.8 Å². The van der Waals surface area contributed by atoms with Crippen LogP contribution in [0, 0.1) is 5.92 Å². The average molecular weight is 426 g/mol. The average Bonchev–Trinajstić information content (AvgIpc) is 3.19. The predicted molar refractivity (Wildman–Crippen MR) is 116 cm³/mol. The van der Waals surface area contributed by atoms with Gasteiger partial charge in [0.2, 0.25) is 5.91 Å². The van der Waals surface area contributed by atoms with Gasteiger partial charge < -0.3 is 10.1 Å². The van der Waals surface area contributed by atoms with Crippen molar-refractivity contribution >= 4 is 39.0 Å². The third kappa shape index (κ3) is 3.87. The van der Waals surface area contributed by atoms with E-state index in [4.69, 9.17) is 4.74 Å². The number of ether oxygens (including phenoxy) is 1. The van der Waals surface area contributed by atoms with Crippen molar-refractivity contribution in [1.82, 2.24) is 9.78 Å². The van der Waals surface area contributed by atoms with E-state index >= 15 is 0 Å². The molecule has 156 valence electrons. The van der Waals surface area contributed by atoms with Gasteiger partial charge in [-0.15, -0.1) is 11.3 Å². The fourth-order valence-electron chi connectivity index (χ4n) is 3.81. The van der Waals surface area contributed by atoms with Gasteiger partial charge in [0.05, 0.1) is 17.7 Å². The minimum Gasteiger partial charge on any atom is -0.461 e. The van der Waals surface area contributed by atoms with Crippen molar-refractivity contribution in [3.63, 3.8) is 0 Å². The molecule has 1 aliphatic carbocycles. The highest BCUT2D eigenvalue weighted by molar-refractivity contribution is 7.16. The van der Waals surface area contributed by atoms with E-state index in [-0.39, 0.29) is 35.1 Å². The predicted octanol–water partition coefficient (Wildman–Crippen LogP) is 4.14. The maximum atomic E-state index is 13.3. The number of hydrogen-bond donors (Lipinski definition) is 1. The van der Waals surface area contributed by atoms with Crippen molar-refractivity contribution in [2.24, 2.45) is 5.92 Å². The van der Waals surface area contributed by atoms with Gasteiger partial charge in [0, 0.05) is 16.7 Å². The molecular weight excluding hydrogens is 402 g/mol. The quantitative estimate of drug-likeness (QED) is 0.621. The van der Waals surface area contributed by atoms with Crippen LogP contribution < -0.4 is 10.9 Å². The number of nitrogens with one attached hydrogen (secondary N) is 1. The number of carbonyl (C=O) groups excluding carboxylic acids is 2. The molecule has 0 bridgehead atoms. The van der Waals surface area contributed by atoms with Gasteiger partial charge in [-0.3, -0.25) is 9.59 Å². The van der Waals surface area contributed by atoms with E-state index < -0.39 is 5.97 Å². The second-order valence-corrected chi connectivity index (χ2v) is 8.18. The van der Waals surface area contributed by atoms with Crippen molar-refractivity contribution in [2.75, 3.05) is 11.9 Å². The number of para-hydroxylation sites is 1. The van der Waals surface area contributed by atoms with Gasteiger partial charge in [0.25, 0.3) is 5.56 Å². The Balaban J connectivity index is 1.83. The minimum atomic E-state index is -0.602. The molecule has 0 unspecified atom stereocenters. The van der Waals surface area contributed by atoms with Crippen molar-refractivity contribution in [2.45, 2.75) is 39.0 Å². The number of amides is 1. The third-order valence-corrected chi connectivity index (χ3v) is 6.23. The molecule has 1 amide bonds. The SMILES string of the molecule is CCOC(=O)c1nn(-c2ccccc2)c(=O)c2c(NC(=O)C3CCCCC3)scc12. The molecule has 30 heavy (non-hydrogen) atoms. The normalized spacial score (nSPS) is 14.6. The molecular formula is C22H23N3O4S. The van der Waals surface area contributed by atoms with Crippen LogP contribution in [0.5, 0.6) is 0 Å². The summed E-state index contributed by atoms with van der Waals surface area (Å²) in [6.07, 6.45) is 4.96. The highest BCUT2D eigenvalue weighted by Crippen LogP contribution is 2.32. The van der Waals surface area contributed by atoms with Gasteiger partial charge in [-0.2, -0.15) is 9.78 Å². The third-order valence-electron chi connectivity index (χ3n) is 5.33. The van der Waals surface area contributed by atoms with Crippen LogP contribution in [-0.4, -0.2) is 28.3 Å². The molecule has 0 spiro atoms. The van der Waals surface area contributed by atoms with Gasteiger partial charge in [0.1, 0.15) is 5.00 Å². The first-order chi connectivity index (χ1) is 14.6. The molecule has 1 N–H and O–H groups in total. The molecule has 1 fully saturated rings. The maximum absolute atomic E-state index is 13.3. The molecule has 1 aliphatic rings. The summed E-state index contributed by atoms with van der Waals surface area (Å²) in [5.41, 5.74) is 0.208. The summed E-state index contributed by atoms with van der Waals surface area (Å²) in [7, 11) is 0. The zero-order chi connectivity index (χ0) is 21.1. The first-order valence-corrected chi connectivity index (χ1v) is 11.1. The van der Waals surface area contributed by atoms with Crippen LogP contribution >= 0.6 is 11.3 Å². The van der Waals surface area contributed by atoms with Gasteiger partial charge in [-0.25, -0.2) is 4.79 Å². The van der Waals surface area contributed by atoms with Crippen LogP contribution in [0.1, 0.15) is 49.5 Å². The second kappa shape index (κ2) is 8.79. The fraction of sp³-hybridized carbons (Fsp3) is 0.364. The highest BCUT2D eigenvalue weighted by Gasteiger charge is 2.26. The van der Waals surface area contributed by atoms with Crippen LogP contribution in [0.3, 0.4) is 0 Å². The Morgan fingerprint density at radius 3 is 2.63 bits per heavy atom. The standard InChI is InChI=1S/C22H23N3O4S/c1-2-29-22(28)18-16-13-30-20(23-19(26)14-9-5-3-6-10-14)17(16)21(27)25(24-18)15-11-7-4-8-12-15/h4,7-8,11-14H,2-3,5-6,9-10H2,1H3,(H,23,26). The van der Waals surface area contributed by atoms with Crippen LogP contribution in [0.2, 0.25) is 0 Å². The summed E-state index contributed by atoms with van der Waals surface area (Å²) in [5.74, 6) is -0.715. The number of rotatable bonds is 5. The van der Waals surface area contributed by atoms with Gasteiger partial charge in [-0.1, -0.05) is 37.5 Å². The topological polar surface area (TPSA) is 90.3 Å². The number of fused-ring (bicyclic) bond motifs is 1. The first kappa shape index (κ1) is 20.3. The minimum absolute atomic E-state index is 0.0430. The Labute approximate surface area is 177 Å². The van der Waals surface area contributed by atoms with E-state index in [2.05, 4.69) is 10.4 Å². The zero-order valence-corrected chi connectivity index (χ0v) is 17.5. The molecule has 0 aliphatic heterocycles. The largest absolute Gasteiger partial charge is 0.461 e. The Bertz CT molecular complexity index is 1130.